The fourth-order valence-corrected chi connectivity index (χ4v) is 1.15. The molecule has 1 heterocycles. The molecule has 0 radical (unpaired) electrons. The van der Waals surface area contributed by atoms with E-state index in [1.165, 1.54) is 18.2 Å². The van der Waals surface area contributed by atoms with Gasteiger partial charge in [0.1, 0.15) is 5.69 Å². The predicted molar refractivity (Wildman–Crippen MR) is 45.0 cm³/mol. The number of nitroso groups, excluding NO2 is 1. The van der Waals surface area contributed by atoms with Gasteiger partial charge in [0.25, 0.3) is 11.9 Å². The second-order valence-electron chi connectivity index (χ2n) is 2.53. The maximum atomic E-state index is 10.1. The minimum Gasteiger partial charge on any atom is -0.480 e. The van der Waals surface area contributed by atoms with Crippen molar-refractivity contribution in [3.63, 3.8) is 0 Å². The summed E-state index contributed by atoms with van der Waals surface area (Å²) in [7, 11) is 0. The van der Waals surface area contributed by atoms with Crippen molar-refractivity contribution in [3.8, 4) is 11.9 Å². The van der Waals surface area contributed by atoms with Gasteiger partial charge in [-0.3, -0.25) is 0 Å². The van der Waals surface area contributed by atoms with Crippen molar-refractivity contribution in [1.29, 1.82) is 0 Å². The normalized spacial score (nSPS) is 10.5. The Morgan fingerprint density at radius 1 is 1.15 bits per heavy atom. The van der Waals surface area contributed by atoms with Crippen LogP contribution in [-0.4, -0.2) is 10.2 Å². The van der Waals surface area contributed by atoms with Crippen molar-refractivity contribution in [3.05, 3.63) is 23.1 Å². The fraction of sp³-hybridized carbons (Fsp3) is 0. The molecule has 0 aliphatic rings. The van der Waals surface area contributed by atoms with Gasteiger partial charge in [-0.25, -0.2) is 0 Å². The number of benzene rings is 1. The van der Waals surface area contributed by atoms with Gasteiger partial charge in [0, 0.05) is 0 Å². The summed E-state index contributed by atoms with van der Waals surface area (Å²) in [5.74, 6) is -0.789. The van der Waals surface area contributed by atoms with Crippen LogP contribution in [0.25, 0.3) is 10.8 Å². The van der Waals surface area contributed by atoms with Gasteiger partial charge in [-0.1, -0.05) is 0 Å². The molecule has 0 atom stereocenters. The van der Waals surface area contributed by atoms with Gasteiger partial charge in [-0.05, 0) is 23.4 Å². The summed E-state index contributed by atoms with van der Waals surface area (Å²) in [4.78, 5) is 10.1. The second-order valence-corrected chi connectivity index (χ2v) is 2.53. The molecule has 5 heteroatoms. The Hall–Kier alpha value is -2.04. The molecule has 2 N–H and O–H groups in total. The van der Waals surface area contributed by atoms with E-state index in [1.807, 2.05) is 0 Å². The van der Waals surface area contributed by atoms with Gasteiger partial charge in [0.05, 0.1) is 10.8 Å². The summed E-state index contributed by atoms with van der Waals surface area (Å²) < 4.78 is 4.53. The van der Waals surface area contributed by atoms with E-state index in [0.717, 1.165) is 0 Å². The highest BCUT2D eigenvalue weighted by atomic mass is 16.5. The quantitative estimate of drug-likeness (QED) is 0.657. The highest BCUT2D eigenvalue weighted by molar-refractivity contribution is 5.92. The summed E-state index contributed by atoms with van der Waals surface area (Å²) in [5.41, 5.74) is 0.170. The Morgan fingerprint density at radius 2 is 1.85 bits per heavy atom. The molecule has 5 nitrogen and oxygen atoms in total. The number of aromatic hydroxyl groups is 2. The lowest BCUT2D eigenvalue weighted by atomic mass is 10.2. The molecule has 1 aromatic carbocycles. The lowest BCUT2D eigenvalue weighted by Crippen LogP contribution is -1.65. The first-order valence-electron chi connectivity index (χ1n) is 3.50. The van der Waals surface area contributed by atoms with Gasteiger partial charge in [-0.2, -0.15) is 0 Å². The summed E-state index contributed by atoms with van der Waals surface area (Å²) in [6.45, 7) is 0. The number of nitrogens with zero attached hydrogens (tertiary/aromatic N) is 1. The van der Waals surface area contributed by atoms with Crippen LogP contribution >= 0.6 is 0 Å². The fourth-order valence-electron chi connectivity index (χ4n) is 1.15. The van der Waals surface area contributed by atoms with Crippen LogP contribution in [0.15, 0.2) is 27.8 Å². The standard InChI is InChI=1S/C8H5NO4/c10-7-5-2-1-4(9-12)3-6(5)8(11)13-7/h1-3,10-11H. The first-order chi connectivity index (χ1) is 6.22. The van der Waals surface area contributed by atoms with Crippen LogP contribution < -0.4 is 0 Å². The first kappa shape index (κ1) is 7.60. The maximum Gasteiger partial charge on any atom is 0.293 e. The third-order valence-electron chi connectivity index (χ3n) is 1.76. The van der Waals surface area contributed by atoms with Crippen LogP contribution in [0.1, 0.15) is 0 Å². The molecule has 2 aromatic rings. The lowest BCUT2D eigenvalue weighted by Gasteiger charge is -1.88. The van der Waals surface area contributed by atoms with Crippen molar-refractivity contribution in [2.75, 3.05) is 0 Å². The minimum absolute atomic E-state index is 0.170. The number of furan rings is 1. The van der Waals surface area contributed by atoms with Crippen molar-refractivity contribution in [2.24, 2.45) is 5.18 Å². The monoisotopic (exact) mass is 179 g/mol. The number of hydrogen-bond donors (Lipinski definition) is 2. The molecule has 0 amide bonds. The van der Waals surface area contributed by atoms with E-state index in [1.54, 1.807) is 0 Å². The molecule has 0 spiro atoms. The first-order valence-corrected chi connectivity index (χ1v) is 3.50. The van der Waals surface area contributed by atoms with Gasteiger partial charge in [0.2, 0.25) is 0 Å². The zero-order valence-electron chi connectivity index (χ0n) is 6.39. The van der Waals surface area contributed by atoms with Crippen molar-refractivity contribution >= 4 is 16.5 Å². The summed E-state index contributed by atoms with van der Waals surface area (Å²) in [5, 5.41) is 21.6. The Labute approximate surface area is 72.2 Å². The largest absolute Gasteiger partial charge is 0.480 e. The Bertz CT molecular complexity index is 474. The Balaban J connectivity index is 2.83. The number of fused-ring (bicyclic) bond motifs is 1. The molecule has 0 aliphatic carbocycles. The molecule has 0 saturated heterocycles. The molecule has 1 aromatic heterocycles. The average molecular weight is 179 g/mol. The van der Waals surface area contributed by atoms with Crippen molar-refractivity contribution in [1.82, 2.24) is 0 Å². The highest BCUT2D eigenvalue weighted by Crippen LogP contribution is 2.37. The van der Waals surface area contributed by atoms with Gasteiger partial charge in [-0.15, -0.1) is 4.91 Å². The molecule has 66 valence electrons. The van der Waals surface area contributed by atoms with Crippen molar-refractivity contribution in [2.45, 2.75) is 0 Å². The van der Waals surface area contributed by atoms with Crippen LogP contribution in [0, 0.1) is 4.91 Å². The van der Waals surface area contributed by atoms with Gasteiger partial charge < -0.3 is 14.6 Å². The molecule has 13 heavy (non-hydrogen) atoms. The van der Waals surface area contributed by atoms with Crippen LogP contribution in [0.2, 0.25) is 0 Å². The zero-order valence-corrected chi connectivity index (χ0v) is 6.39. The smallest absolute Gasteiger partial charge is 0.293 e. The Kier molecular flexibility index (Phi) is 1.45. The summed E-state index contributed by atoms with van der Waals surface area (Å²) in [6.07, 6.45) is 0. The lowest BCUT2D eigenvalue weighted by molar-refractivity contribution is 0.270. The van der Waals surface area contributed by atoms with E-state index < -0.39 is 5.95 Å². The van der Waals surface area contributed by atoms with E-state index >= 15 is 0 Å². The third kappa shape index (κ3) is 1.01. The van der Waals surface area contributed by atoms with Crippen molar-refractivity contribution < 1.29 is 14.6 Å². The molecule has 0 fully saturated rings. The van der Waals surface area contributed by atoms with Crippen LogP contribution in [0.5, 0.6) is 11.9 Å². The zero-order chi connectivity index (χ0) is 9.42. The predicted octanol–water partition coefficient (Wildman–Crippen LogP) is 2.24. The molecule has 0 unspecified atom stereocenters. The van der Waals surface area contributed by atoms with E-state index in [4.69, 9.17) is 10.2 Å². The maximum absolute atomic E-state index is 10.1. The van der Waals surface area contributed by atoms with Crippen LogP contribution in [0.4, 0.5) is 5.69 Å². The number of rotatable bonds is 1. The van der Waals surface area contributed by atoms with Crippen LogP contribution in [0.3, 0.4) is 0 Å². The second kappa shape index (κ2) is 2.48. The molecule has 0 bridgehead atoms. The number of hydrogen-bond acceptors (Lipinski definition) is 5. The molecular weight excluding hydrogens is 174 g/mol. The van der Waals surface area contributed by atoms with E-state index in [9.17, 15) is 4.91 Å². The SMILES string of the molecule is O=Nc1ccc2c(O)oc(O)c2c1. The molecule has 0 aliphatic heterocycles. The third-order valence-corrected chi connectivity index (χ3v) is 1.76. The van der Waals surface area contributed by atoms with E-state index in [0.29, 0.717) is 5.39 Å². The molecule has 0 saturated carbocycles. The summed E-state index contributed by atoms with van der Waals surface area (Å²) in [6, 6.07) is 4.20. The summed E-state index contributed by atoms with van der Waals surface area (Å²) >= 11 is 0. The van der Waals surface area contributed by atoms with Gasteiger partial charge in [0.15, 0.2) is 0 Å². The molecule has 2 rings (SSSR count). The molecular formula is C8H5NO4. The van der Waals surface area contributed by atoms with Crippen LogP contribution in [-0.2, 0) is 0 Å². The van der Waals surface area contributed by atoms with E-state index in [-0.39, 0.29) is 17.0 Å². The topological polar surface area (TPSA) is 83.0 Å². The highest BCUT2D eigenvalue weighted by Gasteiger charge is 2.11. The van der Waals surface area contributed by atoms with E-state index in [2.05, 4.69) is 9.59 Å². The van der Waals surface area contributed by atoms with Gasteiger partial charge >= 0.3 is 0 Å². The minimum atomic E-state index is -0.419. The Morgan fingerprint density at radius 3 is 2.54 bits per heavy atom. The average Bonchev–Trinajstić information content (AvgIpc) is 2.42.